The van der Waals surface area contributed by atoms with Gasteiger partial charge in [0.05, 0.1) is 10.4 Å². The van der Waals surface area contributed by atoms with E-state index in [1.807, 2.05) is 18.2 Å². The van der Waals surface area contributed by atoms with Gasteiger partial charge in [0.25, 0.3) is 0 Å². The van der Waals surface area contributed by atoms with Crippen molar-refractivity contribution in [3.63, 3.8) is 0 Å². The number of nitrogens with zero attached hydrogens (tertiary/aromatic N) is 2. The highest BCUT2D eigenvalue weighted by Gasteiger charge is 2.20. The summed E-state index contributed by atoms with van der Waals surface area (Å²) in [5, 5.41) is 18.6. The van der Waals surface area contributed by atoms with E-state index in [0.29, 0.717) is 18.3 Å². The fraction of sp³-hybridized carbons (Fsp3) is 0.357. The minimum Gasteiger partial charge on any atom is -0.377 e. The Bertz CT molecular complexity index is 686. The van der Waals surface area contributed by atoms with Crippen molar-refractivity contribution in [2.24, 2.45) is 0 Å². The normalized spacial score (nSPS) is 18.0. The third-order valence-corrected chi connectivity index (χ3v) is 4.19. The Morgan fingerprint density at radius 1 is 1.52 bits per heavy atom. The second-order valence-electron chi connectivity index (χ2n) is 5.11. The standard InChI is InChI=1S/C14H15BrN4O2/c15-9-3-4-12-11(6-9)14(13(8-17-12)19(20)21)18-7-10-2-1-5-16-10/h3-4,6,8,10,16H,1-2,5,7H2,(H,17,18). The summed E-state index contributed by atoms with van der Waals surface area (Å²) in [6, 6.07) is 5.95. The molecule has 3 rings (SSSR count). The summed E-state index contributed by atoms with van der Waals surface area (Å²) in [6.45, 7) is 1.68. The average molecular weight is 351 g/mol. The zero-order valence-electron chi connectivity index (χ0n) is 11.3. The molecule has 1 aromatic heterocycles. The van der Waals surface area contributed by atoms with Crippen LogP contribution in [0, 0.1) is 10.1 Å². The van der Waals surface area contributed by atoms with E-state index in [0.717, 1.165) is 34.8 Å². The molecule has 1 saturated heterocycles. The molecule has 0 aliphatic carbocycles. The topological polar surface area (TPSA) is 80.1 Å². The molecule has 2 heterocycles. The molecule has 1 unspecified atom stereocenters. The lowest BCUT2D eigenvalue weighted by atomic mass is 10.1. The number of benzene rings is 1. The molecule has 110 valence electrons. The van der Waals surface area contributed by atoms with Gasteiger partial charge in [-0.25, -0.2) is 4.98 Å². The highest BCUT2D eigenvalue weighted by atomic mass is 79.9. The number of rotatable bonds is 4. The number of anilines is 1. The van der Waals surface area contributed by atoms with Gasteiger partial charge >= 0.3 is 5.69 Å². The van der Waals surface area contributed by atoms with Crippen LogP contribution in [0.3, 0.4) is 0 Å². The molecule has 1 aromatic carbocycles. The van der Waals surface area contributed by atoms with Gasteiger partial charge < -0.3 is 10.6 Å². The predicted octanol–water partition coefficient (Wildman–Crippen LogP) is 3.07. The number of nitro groups is 1. The van der Waals surface area contributed by atoms with Crippen LogP contribution < -0.4 is 10.6 Å². The maximum atomic E-state index is 11.2. The van der Waals surface area contributed by atoms with Gasteiger partial charge in [0, 0.05) is 22.4 Å². The van der Waals surface area contributed by atoms with Crippen molar-refractivity contribution in [3.8, 4) is 0 Å². The fourth-order valence-corrected chi connectivity index (χ4v) is 3.00. The van der Waals surface area contributed by atoms with Gasteiger partial charge in [-0.2, -0.15) is 0 Å². The van der Waals surface area contributed by atoms with Crippen LogP contribution >= 0.6 is 15.9 Å². The molecule has 6 nitrogen and oxygen atoms in total. The maximum absolute atomic E-state index is 11.2. The van der Waals surface area contributed by atoms with Crippen molar-refractivity contribution in [3.05, 3.63) is 39.0 Å². The monoisotopic (exact) mass is 350 g/mol. The summed E-state index contributed by atoms with van der Waals surface area (Å²) in [5.41, 5.74) is 1.30. The molecule has 1 aliphatic heterocycles. The third-order valence-electron chi connectivity index (χ3n) is 3.69. The Hall–Kier alpha value is -1.73. The molecule has 21 heavy (non-hydrogen) atoms. The van der Waals surface area contributed by atoms with Gasteiger partial charge in [-0.1, -0.05) is 15.9 Å². The first-order valence-corrected chi connectivity index (χ1v) is 7.64. The Labute approximate surface area is 130 Å². The van der Waals surface area contributed by atoms with E-state index in [1.54, 1.807) is 0 Å². The van der Waals surface area contributed by atoms with Crippen LogP contribution in [0.25, 0.3) is 10.9 Å². The van der Waals surface area contributed by atoms with Gasteiger partial charge in [0.2, 0.25) is 0 Å². The van der Waals surface area contributed by atoms with Crippen LogP contribution in [0.4, 0.5) is 11.4 Å². The number of nitrogens with one attached hydrogen (secondary N) is 2. The molecule has 0 amide bonds. The van der Waals surface area contributed by atoms with Gasteiger partial charge in [0.1, 0.15) is 11.9 Å². The minimum atomic E-state index is -0.391. The van der Waals surface area contributed by atoms with Gasteiger partial charge in [-0.3, -0.25) is 10.1 Å². The second-order valence-corrected chi connectivity index (χ2v) is 6.03. The average Bonchev–Trinajstić information content (AvgIpc) is 2.97. The summed E-state index contributed by atoms with van der Waals surface area (Å²) in [6.07, 6.45) is 3.56. The lowest BCUT2D eigenvalue weighted by Crippen LogP contribution is -2.29. The van der Waals surface area contributed by atoms with Crippen molar-refractivity contribution in [1.29, 1.82) is 0 Å². The van der Waals surface area contributed by atoms with Gasteiger partial charge in [0.15, 0.2) is 0 Å². The summed E-state index contributed by atoms with van der Waals surface area (Å²) in [5.74, 6) is 0. The molecule has 1 fully saturated rings. The lowest BCUT2D eigenvalue weighted by Gasteiger charge is -2.14. The van der Waals surface area contributed by atoms with Crippen molar-refractivity contribution in [1.82, 2.24) is 10.3 Å². The number of halogens is 1. The molecule has 2 aromatic rings. The molecule has 0 saturated carbocycles. The summed E-state index contributed by atoms with van der Waals surface area (Å²) < 4.78 is 0.874. The van der Waals surface area contributed by atoms with Crippen molar-refractivity contribution in [2.45, 2.75) is 18.9 Å². The number of hydrogen-bond donors (Lipinski definition) is 2. The van der Waals surface area contributed by atoms with E-state index in [9.17, 15) is 10.1 Å². The highest BCUT2D eigenvalue weighted by Crippen LogP contribution is 2.33. The quantitative estimate of drug-likeness (QED) is 0.654. The fourth-order valence-electron chi connectivity index (χ4n) is 2.63. The maximum Gasteiger partial charge on any atom is 0.311 e. The SMILES string of the molecule is O=[N+]([O-])c1cnc2ccc(Br)cc2c1NCC1CCCN1. The van der Waals surface area contributed by atoms with Gasteiger partial charge in [-0.15, -0.1) is 0 Å². The zero-order chi connectivity index (χ0) is 14.8. The van der Waals surface area contributed by atoms with E-state index >= 15 is 0 Å². The largest absolute Gasteiger partial charge is 0.377 e. The van der Waals surface area contributed by atoms with Crippen molar-refractivity contribution in [2.75, 3.05) is 18.4 Å². The summed E-state index contributed by atoms with van der Waals surface area (Å²) in [7, 11) is 0. The van der Waals surface area contributed by atoms with Crippen LogP contribution in [0.1, 0.15) is 12.8 Å². The van der Waals surface area contributed by atoms with E-state index in [-0.39, 0.29) is 5.69 Å². The number of hydrogen-bond acceptors (Lipinski definition) is 5. The number of pyridine rings is 1. The molecule has 0 bridgehead atoms. The smallest absolute Gasteiger partial charge is 0.311 e. The molecule has 0 spiro atoms. The van der Waals surface area contributed by atoms with E-state index in [4.69, 9.17) is 0 Å². The second kappa shape index (κ2) is 5.95. The molecule has 1 atom stereocenters. The number of fused-ring (bicyclic) bond motifs is 1. The van der Waals surface area contributed by atoms with Crippen molar-refractivity contribution >= 4 is 38.2 Å². The van der Waals surface area contributed by atoms with Crippen LogP contribution in [0.5, 0.6) is 0 Å². The molecule has 7 heteroatoms. The molecule has 1 aliphatic rings. The van der Waals surface area contributed by atoms with Crippen LogP contribution in [-0.2, 0) is 0 Å². The minimum absolute atomic E-state index is 0.0126. The molecular formula is C14H15BrN4O2. The third kappa shape index (κ3) is 2.98. The van der Waals surface area contributed by atoms with Gasteiger partial charge in [-0.05, 0) is 37.6 Å². The molecule has 0 radical (unpaired) electrons. The highest BCUT2D eigenvalue weighted by molar-refractivity contribution is 9.10. The number of aromatic nitrogens is 1. The lowest BCUT2D eigenvalue weighted by molar-refractivity contribution is -0.384. The zero-order valence-corrected chi connectivity index (χ0v) is 12.9. The Kier molecular flexibility index (Phi) is 4.03. The first-order valence-electron chi connectivity index (χ1n) is 6.85. The molecular weight excluding hydrogens is 336 g/mol. The Morgan fingerprint density at radius 2 is 2.38 bits per heavy atom. The summed E-state index contributed by atoms with van der Waals surface area (Å²) in [4.78, 5) is 15.0. The first-order chi connectivity index (χ1) is 10.1. The van der Waals surface area contributed by atoms with E-state index in [1.165, 1.54) is 6.20 Å². The van der Waals surface area contributed by atoms with Crippen LogP contribution in [0.15, 0.2) is 28.9 Å². The first kappa shape index (κ1) is 14.2. The summed E-state index contributed by atoms with van der Waals surface area (Å²) >= 11 is 3.41. The van der Waals surface area contributed by atoms with Crippen LogP contribution in [-0.4, -0.2) is 29.0 Å². The molecule has 2 N–H and O–H groups in total. The Morgan fingerprint density at radius 3 is 3.10 bits per heavy atom. The van der Waals surface area contributed by atoms with E-state index in [2.05, 4.69) is 31.5 Å². The predicted molar refractivity (Wildman–Crippen MR) is 85.6 cm³/mol. The van der Waals surface area contributed by atoms with E-state index < -0.39 is 4.92 Å². The van der Waals surface area contributed by atoms with Crippen molar-refractivity contribution < 1.29 is 4.92 Å². The van der Waals surface area contributed by atoms with Crippen LogP contribution in [0.2, 0.25) is 0 Å². The Balaban J connectivity index is 2.00.